The Morgan fingerprint density at radius 2 is 2.04 bits per heavy atom. The monoisotopic (exact) mass is 343 g/mol. The number of aryl methyl sites for hydroxylation is 2. The summed E-state index contributed by atoms with van der Waals surface area (Å²) in [5.41, 5.74) is 2.17. The van der Waals surface area contributed by atoms with E-state index in [0.717, 1.165) is 11.4 Å². The molecule has 0 saturated carbocycles. The quantitative estimate of drug-likeness (QED) is 0.808. The zero-order chi connectivity index (χ0) is 18.4. The number of aromatic nitrogens is 3. The van der Waals surface area contributed by atoms with Crippen molar-refractivity contribution in [2.45, 2.75) is 46.6 Å². The fourth-order valence-electron chi connectivity index (χ4n) is 2.40. The van der Waals surface area contributed by atoms with Gasteiger partial charge in [0.2, 0.25) is 5.91 Å². The average molecular weight is 343 g/mol. The molecule has 134 valence electrons. The largest absolute Gasteiger partial charge is 0.351 e. The summed E-state index contributed by atoms with van der Waals surface area (Å²) in [7, 11) is 0. The molecule has 0 bridgehead atoms. The van der Waals surface area contributed by atoms with Crippen LogP contribution in [0, 0.1) is 6.92 Å². The van der Waals surface area contributed by atoms with Crippen LogP contribution in [0.15, 0.2) is 24.4 Å². The average Bonchev–Trinajstić information content (AvgIpc) is 2.99. The molecule has 25 heavy (non-hydrogen) atoms. The second-order valence-corrected chi connectivity index (χ2v) is 6.16. The topological polar surface area (TPSA) is 88.9 Å². The third-order valence-corrected chi connectivity index (χ3v) is 3.70. The summed E-state index contributed by atoms with van der Waals surface area (Å²) in [6.07, 6.45) is 1.93. The molecule has 7 nitrogen and oxygen atoms in total. The minimum absolute atomic E-state index is 0.157. The molecule has 0 aliphatic heterocycles. The van der Waals surface area contributed by atoms with E-state index in [1.54, 1.807) is 16.9 Å². The first kappa shape index (κ1) is 18.6. The molecule has 0 fully saturated rings. The van der Waals surface area contributed by atoms with Crippen molar-refractivity contribution in [1.82, 2.24) is 20.1 Å². The Labute approximate surface area is 147 Å². The van der Waals surface area contributed by atoms with Crippen molar-refractivity contribution in [2.75, 3.05) is 11.9 Å². The summed E-state index contributed by atoms with van der Waals surface area (Å²) in [5.74, 6) is 0.281. The van der Waals surface area contributed by atoms with Crippen molar-refractivity contribution >= 4 is 17.6 Å². The van der Waals surface area contributed by atoms with Crippen LogP contribution in [0.5, 0.6) is 0 Å². The van der Waals surface area contributed by atoms with Gasteiger partial charge in [-0.1, -0.05) is 19.9 Å². The van der Waals surface area contributed by atoms with Crippen LogP contribution in [0.25, 0.3) is 0 Å². The summed E-state index contributed by atoms with van der Waals surface area (Å²) >= 11 is 0. The predicted octanol–water partition coefficient (Wildman–Crippen LogP) is 2.49. The molecular formula is C18H25N5O2. The van der Waals surface area contributed by atoms with E-state index in [4.69, 9.17) is 0 Å². The Balaban J connectivity index is 1.88. The molecule has 0 aromatic carbocycles. The molecule has 7 heteroatoms. The number of nitrogens with one attached hydrogen (secondary N) is 2. The molecule has 2 N–H and O–H groups in total. The van der Waals surface area contributed by atoms with Gasteiger partial charge in [0.25, 0.3) is 5.91 Å². The van der Waals surface area contributed by atoms with Gasteiger partial charge in [-0.3, -0.25) is 14.3 Å². The van der Waals surface area contributed by atoms with Crippen molar-refractivity contribution in [2.24, 2.45) is 0 Å². The third kappa shape index (κ3) is 5.14. The molecular weight excluding hydrogens is 318 g/mol. The number of hydrogen-bond acceptors (Lipinski definition) is 4. The molecule has 2 aromatic rings. The van der Waals surface area contributed by atoms with Crippen LogP contribution in [0.2, 0.25) is 0 Å². The van der Waals surface area contributed by atoms with Gasteiger partial charge in [0.05, 0.1) is 11.3 Å². The SMILES string of the molecule is CCn1cc(C(=O)NCCC(=O)Nc2cccc(C)n2)c(C(C)C)n1. The van der Waals surface area contributed by atoms with E-state index in [1.807, 2.05) is 39.8 Å². The first-order valence-electron chi connectivity index (χ1n) is 8.49. The van der Waals surface area contributed by atoms with Crippen molar-refractivity contribution in [3.8, 4) is 0 Å². The summed E-state index contributed by atoms with van der Waals surface area (Å²) < 4.78 is 1.75. The highest BCUT2D eigenvalue weighted by atomic mass is 16.2. The molecule has 2 rings (SSSR count). The molecule has 0 spiro atoms. The van der Waals surface area contributed by atoms with Gasteiger partial charge in [-0.25, -0.2) is 4.98 Å². The van der Waals surface area contributed by atoms with Gasteiger partial charge in [-0.05, 0) is 31.9 Å². The van der Waals surface area contributed by atoms with Gasteiger partial charge < -0.3 is 10.6 Å². The zero-order valence-electron chi connectivity index (χ0n) is 15.2. The molecule has 0 unspecified atom stereocenters. The van der Waals surface area contributed by atoms with Gasteiger partial charge in [-0.2, -0.15) is 5.10 Å². The van der Waals surface area contributed by atoms with Crippen LogP contribution in [-0.4, -0.2) is 33.1 Å². The Bertz CT molecular complexity index is 752. The first-order valence-corrected chi connectivity index (χ1v) is 8.49. The Kier molecular flexibility index (Phi) is 6.27. The van der Waals surface area contributed by atoms with Crippen molar-refractivity contribution in [1.29, 1.82) is 0 Å². The molecule has 2 heterocycles. The van der Waals surface area contributed by atoms with E-state index >= 15 is 0 Å². The maximum atomic E-state index is 12.4. The van der Waals surface area contributed by atoms with E-state index in [0.29, 0.717) is 17.9 Å². The highest BCUT2D eigenvalue weighted by Gasteiger charge is 2.18. The lowest BCUT2D eigenvalue weighted by Crippen LogP contribution is -2.28. The summed E-state index contributed by atoms with van der Waals surface area (Å²) in [5, 5.41) is 9.93. The van der Waals surface area contributed by atoms with Crippen molar-refractivity contribution < 1.29 is 9.59 Å². The van der Waals surface area contributed by atoms with Crippen LogP contribution in [0.3, 0.4) is 0 Å². The lowest BCUT2D eigenvalue weighted by molar-refractivity contribution is -0.116. The summed E-state index contributed by atoms with van der Waals surface area (Å²) in [6.45, 7) is 8.80. The smallest absolute Gasteiger partial charge is 0.254 e. The number of pyridine rings is 1. The highest BCUT2D eigenvalue weighted by Crippen LogP contribution is 2.17. The Hall–Kier alpha value is -2.70. The number of carbonyl (C=O) groups excluding carboxylic acids is 2. The van der Waals surface area contributed by atoms with Crippen molar-refractivity contribution in [3.63, 3.8) is 0 Å². The minimum atomic E-state index is -0.204. The van der Waals surface area contributed by atoms with E-state index in [9.17, 15) is 9.59 Å². The number of hydrogen-bond donors (Lipinski definition) is 2. The van der Waals surface area contributed by atoms with E-state index < -0.39 is 0 Å². The summed E-state index contributed by atoms with van der Waals surface area (Å²) in [4.78, 5) is 28.5. The molecule has 2 aromatic heterocycles. The molecule has 0 aliphatic rings. The molecule has 0 radical (unpaired) electrons. The molecule has 0 atom stereocenters. The van der Waals surface area contributed by atoms with E-state index in [2.05, 4.69) is 20.7 Å². The van der Waals surface area contributed by atoms with Crippen LogP contribution in [0.4, 0.5) is 5.82 Å². The highest BCUT2D eigenvalue weighted by molar-refractivity contribution is 5.96. The van der Waals surface area contributed by atoms with Gasteiger partial charge >= 0.3 is 0 Å². The lowest BCUT2D eigenvalue weighted by atomic mass is 10.1. The van der Waals surface area contributed by atoms with Gasteiger partial charge in [0, 0.05) is 31.4 Å². The second-order valence-electron chi connectivity index (χ2n) is 6.16. The van der Waals surface area contributed by atoms with Gasteiger partial charge in [-0.15, -0.1) is 0 Å². The fourth-order valence-corrected chi connectivity index (χ4v) is 2.40. The van der Waals surface area contributed by atoms with Crippen LogP contribution >= 0.6 is 0 Å². The number of carbonyl (C=O) groups is 2. The van der Waals surface area contributed by atoms with Gasteiger partial charge in [0.1, 0.15) is 5.82 Å². The third-order valence-electron chi connectivity index (χ3n) is 3.70. The minimum Gasteiger partial charge on any atom is -0.351 e. The van der Waals surface area contributed by atoms with Crippen LogP contribution < -0.4 is 10.6 Å². The number of nitrogens with zero attached hydrogens (tertiary/aromatic N) is 3. The Morgan fingerprint density at radius 1 is 1.28 bits per heavy atom. The maximum Gasteiger partial charge on any atom is 0.254 e. The maximum absolute atomic E-state index is 12.4. The first-order chi connectivity index (χ1) is 11.9. The van der Waals surface area contributed by atoms with E-state index in [1.165, 1.54) is 0 Å². The number of rotatable bonds is 7. The van der Waals surface area contributed by atoms with Crippen LogP contribution in [-0.2, 0) is 11.3 Å². The number of amides is 2. The lowest BCUT2D eigenvalue weighted by Gasteiger charge is -2.08. The zero-order valence-corrected chi connectivity index (χ0v) is 15.2. The number of anilines is 1. The van der Waals surface area contributed by atoms with E-state index in [-0.39, 0.29) is 30.7 Å². The molecule has 2 amide bonds. The summed E-state index contributed by atoms with van der Waals surface area (Å²) in [6, 6.07) is 5.43. The predicted molar refractivity (Wildman–Crippen MR) is 96.5 cm³/mol. The van der Waals surface area contributed by atoms with Crippen molar-refractivity contribution in [3.05, 3.63) is 41.3 Å². The normalized spacial score (nSPS) is 10.8. The Morgan fingerprint density at radius 3 is 2.68 bits per heavy atom. The second kappa shape index (κ2) is 8.41. The molecule has 0 saturated heterocycles. The standard InChI is InChI=1S/C18H25N5O2/c1-5-23-11-14(17(22-23)12(2)3)18(25)19-10-9-16(24)21-15-8-6-7-13(4)20-15/h6-8,11-12H,5,9-10H2,1-4H3,(H,19,25)(H,20,21,24). The molecule has 0 aliphatic carbocycles. The fraction of sp³-hybridized carbons (Fsp3) is 0.444. The van der Waals surface area contributed by atoms with Gasteiger partial charge in [0.15, 0.2) is 0 Å². The van der Waals surface area contributed by atoms with Crippen LogP contribution in [0.1, 0.15) is 54.9 Å².